The lowest BCUT2D eigenvalue weighted by Gasteiger charge is -2.46. The first-order chi connectivity index (χ1) is 8.58. The monoisotopic (exact) mass is 249 g/mol. The number of fused-ring (bicyclic) bond motifs is 1. The molecule has 2 rings (SSSR count). The first-order valence-electron chi connectivity index (χ1n) is 7.18. The normalized spacial score (nSPS) is 39.5. The number of hydrogen-bond donors (Lipinski definition) is 0. The Hall–Kier alpha value is -1.04. The quantitative estimate of drug-likeness (QED) is 0.704. The van der Waals surface area contributed by atoms with Gasteiger partial charge < -0.3 is 4.74 Å². The van der Waals surface area contributed by atoms with Crippen molar-refractivity contribution in [3.63, 3.8) is 0 Å². The molecule has 0 amide bonds. The maximum atomic E-state index is 11.3. The van der Waals surface area contributed by atoms with Gasteiger partial charge in [-0.2, -0.15) is 5.26 Å². The summed E-state index contributed by atoms with van der Waals surface area (Å²) in [5, 5.41) is 9.03. The van der Waals surface area contributed by atoms with Crippen LogP contribution in [0.5, 0.6) is 0 Å². The Balaban J connectivity index is 2.02. The van der Waals surface area contributed by atoms with Gasteiger partial charge in [0.05, 0.1) is 6.07 Å². The number of esters is 1. The molecule has 0 N–H and O–H groups in total. The molecule has 0 bridgehead atoms. The Bertz CT molecular complexity index is 360. The molecule has 18 heavy (non-hydrogen) atoms. The molecule has 2 saturated carbocycles. The van der Waals surface area contributed by atoms with Crippen LogP contribution in [0.1, 0.15) is 58.8 Å². The van der Waals surface area contributed by atoms with Gasteiger partial charge in [-0.25, -0.2) is 0 Å². The van der Waals surface area contributed by atoms with Gasteiger partial charge in [-0.3, -0.25) is 4.79 Å². The first kappa shape index (κ1) is 13.4. The van der Waals surface area contributed by atoms with E-state index >= 15 is 0 Å². The van der Waals surface area contributed by atoms with Crippen molar-refractivity contribution in [2.24, 2.45) is 17.8 Å². The minimum atomic E-state index is -0.216. The molecular weight excluding hydrogens is 226 g/mol. The van der Waals surface area contributed by atoms with Crippen molar-refractivity contribution < 1.29 is 9.53 Å². The van der Waals surface area contributed by atoms with Crippen molar-refractivity contribution in [1.82, 2.24) is 0 Å². The molecule has 0 heterocycles. The molecule has 0 aromatic carbocycles. The summed E-state index contributed by atoms with van der Waals surface area (Å²) < 4.78 is 5.63. The molecule has 0 saturated heterocycles. The summed E-state index contributed by atoms with van der Waals surface area (Å²) in [6, 6.07) is 2.42. The van der Waals surface area contributed by atoms with E-state index in [0.717, 1.165) is 44.9 Å². The molecule has 0 aromatic heterocycles. The Morgan fingerprint density at radius 1 is 1.39 bits per heavy atom. The lowest BCUT2D eigenvalue weighted by atomic mass is 9.63. The number of carbonyl (C=O) groups excluding carboxylic acids is 1. The predicted octanol–water partition coefficient (Wildman–Crippen LogP) is 3.44. The SMILES string of the molecule is CCC1(OC(C)=O)CCC2CC(C#N)CCC2C1. The lowest BCUT2D eigenvalue weighted by molar-refractivity contribution is -0.166. The fourth-order valence-corrected chi connectivity index (χ4v) is 3.89. The number of nitrogens with zero attached hydrogens (tertiary/aromatic N) is 1. The molecule has 4 unspecified atom stereocenters. The molecule has 0 spiro atoms. The molecule has 100 valence electrons. The van der Waals surface area contributed by atoms with Gasteiger partial charge in [-0.1, -0.05) is 6.92 Å². The highest BCUT2D eigenvalue weighted by Crippen LogP contribution is 2.48. The van der Waals surface area contributed by atoms with Crippen molar-refractivity contribution in [1.29, 1.82) is 5.26 Å². The molecular formula is C15H23NO2. The van der Waals surface area contributed by atoms with Crippen molar-refractivity contribution in [3.8, 4) is 6.07 Å². The summed E-state index contributed by atoms with van der Waals surface area (Å²) in [7, 11) is 0. The first-order valence-corrected chi connectivity index (χ1v) is 7.18. The van der Waals surface area contributed by atoms with Crippen LogP contribution in [0.4, 0.5) is 0 Å². The van der Waals surface area contributed by atoms with Crippen LogP contribution in [0.25, 0.3) is 0 Å². The van der Waals surface area contributed by atoms with E-state index in [1.807, 2.05) is 0 Å². The molecule has 3 heteroatoms. The van der Waals surface area contributed by atoms with E-state index in [2.05, 4.69) is 13.0 Å². The van der Waals surface area contributed by atoms with E-state index in [0.29, 0.717) is 11.8 Å². The van der Waals surface area contributed by atoms with Gasteiger partial charge in [-0.05, 0) is 56.8 Å². The average molecular weight is 249 g/mol. The van der Waals surface area contributed by atoms with Crippen molar-refractivity contribution >= 4 is 5.97 Å². The van der Waals surface area contributed by atoms with E-state index < -0.39 is 0 Å². The van der Waals surface area contributed by atoms with Crippen LogP contribution in [0.15, 0.2) is 0 Å². The van der Waals surface area contributed by atoms with E-state index in [9.17, 15) is 4.79 Å². The maximum Gasteiger partial charge on any atom is 0.303 e. The van der Waals surface area contributed by atoms with Gasteiger partial charge in [0, 0.05) is 12.8 Å². The van der Waals surface area contributed by atoms with E-state index in [-0.39, 0.29) is 17.5 Å². The number of carbonyl (C=O) groups is 1. The second-order valence-electron chi connectivity index (χ2n) is 6.03. The second-order valence-corrected chi connectivity index (χ2v) is 6.03. The Morgan fingerprint density at radius 3 is 2.78 bits per heavy atom. The molecule has 0 aromatic rings. The Kier molecular flexibility index (Phi) is 3.94. The molecule has 2 aliphatic carbocycles. The van der Waals surface area contributed by atoms with Gasteiger partial charge in [0.25, 0.3) is 0 Å². The molecule has 2 aliphatic rings. The summed E-state index contributed by atoms with van der Waals surface area (Å²) in [5.41, 5.74) is -0.216. The number of rotatable bonds is 2. The van der Waals surface area contributed by atoms with Crippen LogP contribution >= 0.6 is 0 Å². The topological polar surface area (TPSA) is 50.1 Å². The van der Waals surface area contributed by atoms with Gasteiger partial charge in [0.15, 0.2) is 0 Å². The zero-order valence-electron chi connectivity index (χ0n) is 11.4. The van der Waals surface area contributed by atoms with Crippen LogP contribution in [0.2, 0.25) is 0 Å². The fourth-order valence-electron chi connectivity index (χ4n) is 3.89. The summed E-state index contributed by atoms with van der Waals surface area (Å²) >= 11 is 0. The van der Waals surface area contributed by atoms with E-state index in [1.54, 1.807) is 0 Å². The zero-order valence-corrected chi connectivity index (χ0v) is 11.4. The number of ether oxygens (including phenoxy) is 1. The lowest BCUT2D eigenvalue weighted by Crippen LogP contribution is -2.44. The smallest absolute Gasteiger partial charge is 0.303 e. The van der Waals surface area contributed by atoms with Gasteiger partial charge in [0.2, 0.25) is 0 Å². The minimum absolute atomic E-state index is 0.152. The van der Waals surface area contributed by atoms with E-state index in [4.69, 9.17) is 10.00 Å². The third-order valence-electron chi connectivity index (χ3n) is 4.93. The fraction of sp³-hybridized carbons (Fsp3) is 0.867. The predicted molar refractivity (Wildman–Crippen MR) is 68.6 cm³/mol. The summed E-state index contributed by atoms with van der Waals surface area (Å²) in [6.45, 7) is 3.63. The second kappa shape index (κ2) is 5.30. The van der Waals surface area contributed by atoms with Crippen LogP contribution < -0.4 is 0 Å². The largest absolute Gasteiger partial charge is 0.459 e. The van der Waals surface area contributed by atoms with Crippen molar-refractivity contribution in [3.05, 3.63) is 0 Å². The summed E-state index contributed by atoms with van der Waals surface area (Å²) in [6.07, 6.45) is 7.22. The number of nitriles is 1. The summed E-state index contributed by atoms with van der Waals surface area (Å²) in [4.78, 5) is 11.3. The molecule has 2 fully saturated rings. The standard InChI is InChI=1S/C15H23NO2/c1-3-15(18-11(2)17)7-6-13-8-12(10-16)4-5-14(13)9-15/h12-14H,3-9H2,1-2H3. The van der Waals surface area contributed by atoms with Crippen LogP contribution in [-0.2, 0) is 9.53 Å². The van der Waals surface area contributed by atoms with Crippen molar-refractivity contribution in [2.75, 3.05) is 0 Å². The molecule has 3 nitrogen and oxygen atoms in total. The highest BCUT2D eigenvalue weighted by molar-refractivity contribution is 5.66. The van der Waals surface area contributed by atoms with Gasteiger partial charge in [0.1, 0.15) is 5.60 Å². The minimum Gasteiger partial charge on any atom is -0.459 e. The van der Waals surface area contributed by atoms with Crippen molar-refractivity contribution in [2.45, 2.75) is 64.4 Å². The third kappa shape index (κ3) is 2.68. The Labute approximate surface area is 110 Å². The summed E-state index contributed by atoms with van der Waals surface area (Å²) in [5.74, 6) is 1.44. The van der Waals surface area contributed by atoms with Gasteiger partial charge in [-0.15, -0.1) is 0 Å². The zero-order chi connectivity index (χ0) is 13.2. The molecule has 0 radical (unpaired) electrons. The van der Waals surface area contributed by atoms with Crippen LogP contribution in [0, 0.1) is 29.1 Å². The molecule has 0 aliphatic heterocycles. The Morgan fingerprint density at radius 2 is 2.17 bits per heavy atom. The van der Waals surface area contributed by atoms with Crippen LogP contribution in [-0.4, -0.2) is 11.6 Å². The van der Waals surface area contributed by atoms with Crippen LogP contribution in [0.3, 0.4) is 0 Å². The third-order valence-corrected chi connectivity index (χ3v) is 4.93. The molecule has 4 atom stereocenters. The van der Waals surface area contributed by atoms with Gasteiger partial charge >= 0.3 is 5.97 Å². The highest BCUT2D eigenvalue weighted by Gasteiger charge is 2.44. The van der Waals surface area contributed by atoms with E-state index in [1.165, 1.54) is 6.92 Å². The maximum absolute atomic E-state index is 11.3. The highest BCUT2D eigenvalue weighted by atomic mass is 16.6. The average Bonchev–Trinajstić information content (AvgIpc) is 2.37. The number of hydrogen-bond acceptors (Lipinski definition) is 3.